The molecule has 2 amide bonds. The van der Waals surface area contributed by atoms with Crippen molar-refractivity contribution in [2.45, 2.75) is 77.8 Å². The molecule has 1 fully saturated rings. The maximum atomic E-state index is 12.1. The fraction of sp³-hybridized carbons (Fsp3) is 0.929. The Hall–Kier alpha value is -0.730. The van der Waals surface area contributed by atoms with Gasteiger partial charge in [0.05, 0.1) is 0 Å². The number of nitrogens with one attached hydrogen (secondary N) is 1. The lowest BCUT2D eigenvalue weighted by atomic mass is 10.2. The first-order valence-electron chi connectivity index (χ1n) is 7.22. The fourth-order valence-corrected chi connectivity index (χ4v) is 2.45. The summed E-state index contributed by atoms with van der Waals surface area (Å²) in [4.78, 5) is 14.1. The minimum atomic E-state index is 0.142. The SMILES string of the molecule is CCCCCN(C(=O)NC1CCCC1)C(C)C. The number of carbonyl (C=O) groups excluding carboxylic acids is 1. The molecule has 0 heterocycles. The predicted octanol–water partition coefficient (Wildman–Crippen LogP) is 3.54. The van der Waals surface area contributed by atoms with Gasteiger partial charge in [0.1, 0.15) is 0 Å². The molecule has 100 valence electrons. The summed E-state index contributed by atoms with van der Waals surface area (Å²) in [5, 5.41) is 3.17. The molecular formula is C14H28N2O. The van der Waals surface area contributed by atoms with Crippen LogP contribution in [0, 0.1) is 0 Å². The molecule has 0 bridgehead atoms. The first-order valence-corrected chi connectivity index (χ1v) is 7.22. The molecule has 0 atom stereocenters. The first-order chi connectivity index (χ1) is 8.15. The van der Waals surface area contributed by atoms with Crippen molar-refractivity contribution in [3.05, 3.63) is 0 Å². The third kappa shape index (κ3) is 4.97. The molecule has 3 nitrogen and oxygen atoms in total. The number of carbonyl (C=O) groups is 1. The number of nitrogens with zero attached hydrogens (tertiary/aromatic N) is 1. The van der Waals surface area contributed by atoms with E-state index in [1.165, 1.54) is 25.7 Å². The molecule has 1 aliphatic carbocycles. The van der Waals surface area contributed by atoms with Gasteiger partial charge in [-0.1, -0.05) is 32.6 Å². The Morgan fingerprint density at radius 3 is 2.47 bits per heavy atom. The van der Waals surface area contributed by atoms with E-state index in [0.717, 1.165) is 25.8 Å². The van der Waals surface area contributed by atoms with Gasteiger partial charge < -0.3 is 10.2 Å². The van der Waals surface area contributed by atoms with E-state index in [4.69, 9.17) is 0 Å². The molecule has 1 N–H and O–H groups in total. The smallest absolute Gasteiger partial charge is 0.317 e. The van der Waals surface area contributed by atoms with Crippen molar-refractivity contribution in [2.75, 3.05) is 6.54 Å². The highest BCUT2D eigenvalue weighted by Crippen LogP contribution is 2.18. The van der Waals surface area contributed by atoms with Gasteiger partial charge in [0.2, 0.25) is 0 Å². The van der Waals surface area contributed by atoms with Crippen molar-refractivity contribution in [1.29, 1.82) is 0 Å². The van der Waals surface area contributed by atoms with E-state index >= 15 is 0 Å². The van der Waals surface area contributed by atoms with Gasteiger partial charge in [0, 0.05) is 18.6 Å². The monoisotopic (exact) mass is 240 g/mol. The number of urea groups is 1. The van der Waals surface area contributed by atoms with Crippen molar-refractivity contribution in [1.82, 2.24) is 10.2 Å². The Morgan fingerprint density at radius 2 is 1.94 bits per heavy atom. The van der Waals surface area contributed by atoms with Crippen LogP contribution in [-0.2, 0) is 0 Å². The van der Waals surface area contributed by atoms with E-state index < -0.39 is 0 Å². The van der Waals surface area contributed by atoms with Crippen molar-refractivity contribution in [2.24, 2.45) is 0 Å². The summed E-state index contributed by atoms with van der Waals surface area (Å²) in [6, 6.07) is 0.867. The van der Waals surface area contributed by atoms with E-state index in [0.29, 0.717) is 12.1 Å². The van der Waals surface area contributed by atoms with Gasteiger partial charge in [-0.3, -0.25) is 0 Å². The Morgan fingerprint density at radius 1 is 1.29 bits per heavy atom. The molecule has 3 heteroatoms. The fourth-order valence-electron chi connectivity index (χ4n) is 2.45. The molecule has 0 unspecified atom stereocenters. The number of amides is 2. The van der Waals surface area contributed by atoms with Crippen molar-refractivity contribution in [3.8, 4) is 0 Å². The highest BCUT2D eigenvalue weighted by Gasteiger charge is 2.21. The van der Waals surface area contributed by atoms with Gasteiger partial charge >= 0.3 is 6.03 Å². The zero-order valence-electron chi connectivity index (χ0n) is 11.7. The molecule has 0 spiro atoms. The van der Waals surface area contributed by atoms with E-state index in [9.17, 15) is 4.79 Å². The summed E-state index contributed by atoms with van der Waals surface area (Å²) < 4.78 is 0. The number of rotatable bonds is 6. The zero-order chi connectivity index (χ0) is 12.7. The van der Waals surface area contributed by atoms with E-state index in [2.05, 4.69) is 26.1 Å². The normalized spacial score (nSPS) is 16.5. The summed E-state index contributed by atoms with van der Waals surface area (Å²) in [5.74, 6) is 0. The Labute approximate surface area is 106 Å². The lowest BCUT2D eigenvalue weighted by Crippen LogP contribution is -2.47. The summed E-state index contributed by atoms with van der Waals surface area (Å²) in [6.45, 7) is 7.28. The summed E-state index contributed by atoms with van der Waals surface area (Å²) in [6.07, 6.45) is 8.38. The van der Waals surface area contributed by atoms with Gasteiger partial charge in [-0.2, -0.15) is 0 Å². The van der Waals surface area contributed by atoms with Gasteiger partial charge in [0.25, 0.3) is 0 Å². The molecule has 0 aromatic rings. The summed E-state index contributed by atoms with van der Waals surface area (Å²) in [7, 11) is 0. The average molecular weight is 240 g/mol. The van der Waals surface area contributed by atoms with Crippen LogP contribution in [0.2, 0.25) is 0 Å². The predicted molar refractivity (Wildman–Crippen MR) is 72.2 cm³/mol. The minimum Gasteiger partial charge on any atom is -0.335 e. The second-order valence-electron chi connectivity index (χ2n) is 5.43. The Balaban J connectivity index is 2.36. The highest BCUT2D eigenvalue weighted by atomic mass is 16.2. The van der Waals surface area contributed by atoms with Crippen molar-refractivity contribution in [3.63, 3.8) is 0 Å². The maximum Gasteiger partial charge on any atom is 0.317 e. The van der Waals surface area contributed by atoms with Crippen molar-refractivity contribution < 1.29 is 4.79 Å². The lowest BCUT2D eigenvalue weighted by molar-refractivity contribution is 0.178. The van der Waals surface area contributed by atoms with Crippen LogP contribution in [0.15, 0.2) is 0 Å². The van der Waals surface area contributed by atoms with Crippen LogP contribution < -0.4 is 5.32 Å². The summed E-state index contributed by atoms with van der Waals surface area (Å²) in [5.41, 5.74) is 0. The van der Waals surface area contributed by atoms with Gasteiger partial charge in [0.15, 0.2) is 0 Å². The third-order valence-corrected chi connectivity index (χ3v) is 3.57. The second kappa shape index (κ2) is 7.57. The molecule has 1 aliphatic rings. The van der Waals surface area contributed by atoms with Crippen LogP contribution >= 0.6 is 0 Å². The Kier molecular flexibility index (Phi) is 6.38. The topological polar surface area (TPSA) is 32.3 Å². The lowest BCUT2D eigenvalue weighted by Gasteiger charge is -2.28. The third-order valence-electron chi connectivity index (χ3n) is 3.57. The molecule has 1 rings (SSSR count). The van der Waals surface area contributed by atoms with Crippen molar-refractivity contribution >= 4 is 6.03 Å². The van der Waals surface area contributed by atoms with Crippen LogP contribution in [-0.4, -0.2) is 29.6 Å². The number of hydrogen-bond acceptors (Lipinski definition) is 1. The van der Waals surface area contributed by atoms with E-state index in [1.54, 1.807) is 0 Å². The largest absolute Gasteiger partial charge is 0.335 e. The first kappa shape index (κ1) is 14.3. The second-order valence-corrected chi connectivity index (χ2v) is 5.43. The molecule has 17 heavy (non-hydrogen) atoms. The molecular weight excluding hydrogens is 212 g/mol. The molecule has 0 aliphatic heterocycles. The zero-order valence-corrected chi connectivity index (χ0v) is 11.7. The molecule has 0 saturated heterocycles. The van der Waals surface area contributed by atoms with Crippen LogP contribution in [0.3, 0.4) is 0 Å². The van der Waals surface area contributed by atoms with Gasteiger partial charge in [-0.25, -0.2) is 4.79 Å². The van der Waals surface area contributed by atoms with Crippen LogP contribution in [0.1, 0.15) is 65.7 Å². The molecule has 0 radical (unpaired) electrons. The maximum absolute atomic E-state index is 12.1. The molecule has 0 aromatic heterocycles. The van der Waals surface area contributed by atoms with E-state index in [1.807, 2.05) is 4.90 Å². The van der Waals surface area contributed by atoms with Gasteiger partial charge in [-0.05, 0) is 33.1 Å². The molecule has 0 aromatic carbocycles. The van der Waals surface area contributed by atoms with Crippen LogP contribution in [0.4, 0.5) is 4.79 Å². The van der Waals surface area contributed by atoms with E-state index in [-0.39, 0.29) is 6.03 Å². The van der Waals surface area contributed by atoms with Crippen LogP contribution in [0.25, 0.3) is 0 Å². The quantitative estimate of drug-likeness (QED) is 0.708. The van der Waals surface area contributed by atoms with Crippen LogP contribution in [0.5, 0.6) is 0 Å². The molecule has 1 saturated carbocycles. The Bertz CT molecular complexity index is 222. The minimum absolute atomic E-state index is 0.142. The average Bonchev–Trinajstić information content (AvgIpc) is 2.76. The summed E-state index contributed by atoms with van der Waals surface area (Å²) >= 11 is 0. The number of hydrogen-bond donors (Lipinski definition) is 1. The standard InChI is InChI=1S/C14H28N2O/c1-4-5-8-11-16(12(2)3)14(17)15-13-9-6-7-10-13/h12-13H,4-11H2,1-3H3,(H,15,17). The van der Waals surface area contributed by atoms with Gasteiger partial charge in [-0.15, -0.1) is 0 Å². The number of unbranched alkanes of at least 4 members (excludes halogenated alkanes) is 2. The highest BCUT2D eigenvalue weighted by molar-refractivity contribution is 5.74.